The Labute approximate surface area is 124 Å². The van der Waals surface area contributed by atoms with E-state index in [9.17, 15) is 0 Å². The van der Waals surface area contributed by atoms with Crippen LogP contribution in [0.15, 0.2) is 48.5 Å². The highest BCUT2D eigenvalue weighted by Gasteiger charge is 2.08. The molecule has 19 heavy (non-hydrogen) atoms. The molecule has 1 nitrogen and oxygen atoms in total. The third kappa shape index (κ3) is 4.24. The first-order chi connectivity index (χ1) is 9.19. The quantitative estimate of drug-likeness (QED) is 0.795. The van der Waals surface area contributed by atoms with Gasteiger partial charge in [0.2, 0.25) is 0 Å². The zero-order valence-corrected chi connectivity index (χ0v) is 12.4. The standard InChI is InChI=1S/C16H17Cl2N/c1-2-16(13-5-9-15(18)10-6-13)19-11-12-3-7-14(17)8-4-12/h3-10,16,19H,2,11H2,1H3. The van der Waals surface area contributed by atoms with Crippen molar-refractivity contribution in [2.75, 3.05) is 0 Å². The van der Waals surface area contributed by atoms with Crippen molar-refractivity contribution in [3.63, 3.8) is 0 Å². The molecule has 2 aromatic rings. The summed E-state index contributed by atoms with van der Waals surface area (Å²) in [5.74, 6) is 0. The molecule has 0 aliphatic heterocycles. The van der Waals surface area contributed by atoms with Crippen LogP contribution in [-0.4, -0.2) is 0 Å². The summed E-state index contributed by atoms with van der Waals surface area (Å²) in [7, 11) is 0. The van der Waals surface area contributed by atoms with Crippen LogP contribution in [0.5, 0.6) is 0 Å². The van der Waals surface area contributed by atoms with Crippen LogP contribution in [0, 0.1) is 0 Å². The van der Waals surface area contributed by atoms with Gasteiger partial charge in [-0.05, 0) is 41.8 Å². The lowest BCUT2D eigenvalue weighted by Crippen LogP contribution is -2.20. The van der Waals surface area contributed by atoms with Gasteiger partial charge < -0.3 is 5.32 Å². The average molecular weight is 294 g/mol. The normalized spacial score (nSPS) is 12.4. The fourth-order valence-corrected chi connectivity index (χ4v) is 2.29. The molecule has 3 heteroatoms. The maximum atomic E-state index is 5.91. The van der Waals surface area contributed by atoms with Crippen molar-refractivity contribution in [3.05, 3.63) is 69.7 Å². The van der Waals surface area contributed by atoms with Gasteiger partial charge in [0.1, 0.15) is 0 Å². The summed E-state index contributed by atoms with van der Waals surface area (Å²) in [6, 6.07) is 16.3. The molecule has 2 rings (SSSR count). The second kappa shape index (κ2) is 6.95. The lowest BCUT2D eigenvalue weighted by molar-refractivity contribution is 0.519. The highest BCUT2D eigenvalue weighted by atomic mass is 35.5. The van der Waals surface area contributed by atoms with Crippen molar-refractivity contribution >= 4 is 23.2 Å². The van der Waals surface area contributed by atoms with Crippen LogP contribution in [0.25, 0.3) is 0 Å². The summed E-state index contributed by atoms with van der Waals surface area (Å²) >= 11 is 11.8. The molecular weight excluding hydrogens is 277 g/mol. The second-order valence-electron chi connectivity index (χ2n) is 4.52. The number of rotatable bonds is 5. The first-order valence-electron chi connectivity index (χ1n) is 6.42. The van der Waals surface area contributed by atoms with Crippen LogP contribution in [0.2, 0.25) is 10.0 Å². The van der Waals surface area contributed by atoms with Crippen molar-refractivity contribution < 1.29 is 0 Å². The molecular formula is C16H17Cl2N. The predicted molar refractivity (Wildman–Crippen MR) is 82.8 cm³/mol. The topological polar surface area (TPSA) is 12.0 Å². The first kappa shape index (κ1) is 14.4. The number of benzene rings is 2. The maximum Gasteiger partial charge on any atom is 0.0406 e. The third-order valence-electron chi connectivity index (χ3n) is 3.15. The van der Waals surface area contributed by atoms with Crippen molar-refractivity contribution in [2.45, 2.75) is 25.9 Å². The van der Waals surface area contributed by atoms with Crippen LogP contribution < -0.4 is 5.32 Å². The average Bonchev–Trinajstić information content (AvgIpc) is 2.43. The maximum absolute atomic E-state index is 5.91. The van der Waals surface area contributed by atoms with E-state index < -0.39 is 0 Å². The molecule has 0 heterocycles. The van der Waals surface area contributed by atoms with Crippen molar-refractivity contribution in [1.29, 1.82) is 0 Å². The van der Waals surface area contributed by atoms with Gasteiger partial charge in [0.25, 0.3) is 0 Å². The van der Waals surface area contributed by atoms with E-state index >= 15 is 0 Å². The van der Waals surface area contributed by atoms with Gasteiger partial charge >= 0.3 is 0 Å². The van der Waals surface area contributed by atoms with E-state index in [1.807, 2.05) is 36.4 Å². The van der Waals surface area contributed by atoms with Crippen LogP contribution in [-0.2, 0) is 6.54 Å². The molecule has 0 spiro atoms. The van der Waals surface area contributed by atoms with Gasteiger partial charge in [0.15, 0.2) is 0 Å². The van der Waals surface area contributed by atoms with Crippen LogP contribution in [0.3, 0.4) is 0 Å². The monoisotopic (exact) mass is 293 g/mol. The van der Waals surface area contributed by atoms with E-state index in [1.54, 1.807) is 0 Å². The van der Waals surface area contributed by atoms with Gasteiger partial charge in [-0.25, -0.2) is 0 Å². The molecule has 0 saturated heterocycles. The van der Waals surface area contributed by atoms with Crippen LogP contribution in [0.1, 0.15) is 30.5 Å². The Morgan fingerprint density at radius 1 is 0.895 bits per heavy atom. The van der Waals surface area contributed by atoms with Crippen molar-refractivity contribution in [3.8, 4) is 0 Å². The lowest BCUT2D eigenvalue weighted by atomic mass is 10.0. The summed E-state index contributed by atoms with van der Waals surface area (Å²) in [6.07, 6.45) is 1.04. The Kier molecular flexibility index (Phi) is 5.26. The van der Waals surface area contributed by atoms with Crippen molar-refractivity contribution in [2.24, 2.45) is 0 Å². The largest absolute Gasteiger partial charge is 0.306 e. The number of hydrogen-bond acceptors (Lipinski definition) is 1. The van der Waals surface area contributed by atoms with Gasteiger partial charge in [-0.3, -0.25) is 0 Å². The molecule has 0 saturated carbocycles. The molecule has 0 fully saturated rings. The van der Waals surface area contributed by atoms with E-state index in [0.29, 0.717) is 6.04 Å². The van der Waals surface area contributed by atoms with E-state index in [4.69, 9.17) is 23.2 Å². The van der Waals surface area contributed by atoms with Crippen LogP contribution in [0.4, 0.5) is 0 Å². The Balaban J connectivity index is 1.99. The zero-order valence-electron chi connectivity index (χ0n) is 10.9. The van der Waals surface area contributed by atoms with Gasteiger partial charge in [-0.2, -0.15) is 0 Å². The minimum Gasteiger partial charge on any atom is -0.306 e. The molecule has 2 aromatic carbocycles. The van der Waals surface area contributed by atoms with Gasteiger partial charge in [0.05, 0.1) is 0 Å². The van der Waals surface area contributed by atoms with Gasteiger partial charge in [-0.1, -0.05) is 54.4 Å². The Hall–Kier alpha value is -1.02. The summed E-state index contributed by atoms with van der Waals surface area (Å²) in [5, 5.41) is 5.10. The van der Waals surface area contributed by atoms with E-state index in [0.717, 1.165) is 23.0 Å². The summed E-state index contributed by atoms with van der Waals surface area (Å²) in [5.41, 5.74) is 2.50. The molecule has 0 aromatic heterocycles. The van der Waals surface area contributed by atoms with Crippen LogP contribution >= 0.6 is 23.2 Å². The second-order valence-corrected chi connectivity index (χ2v) is 5.39. The lowest BCUT2D eigenvalue weighted by Gasteiger charge is -2.17. The fraction of sp³-hybridized carbons (Fsp3) is 0.250. The molecule has 1 N–H and O–H groups in total. The molecule has 0 bridgehead atoms. The van der Waals surface area contributed by atoms with Gasteiger partial charge in [0, 0.05) is 22.6 Å². The molecule has 1 atom stereocenters. The molecule has 1 unspecified atom stereocenters. The van der Waals surface area contributed by atoms with E-state index in [1.165, 1.54) is 11.1 Å². The van der Waals surface area contributed by atoms with Crippen molar-refractivity contribution in [1.82, 2.24) is 5.32 Å². The highest BCUT2D eigenvalue weighted by Crippen LogP contribution is 2.20. The molecule has 0 radical (unpaired) electrons. The number of halogens is 2. The minimum absolute atomic E-state index is 0.341. The van der Waals surface area contributed by atoms with Gasteiger partial charge in [-0.15, -0.1) is 0 Å². The minimum atomic E-state index is 0.341. The van der Waals surface area contributed by atoms with E-state index in [2.05, 4.69) is 24.4 Å². The summed E-state index contributed by atoms with van der Waals surface area (Å²) in [4.78, 5) is 0. The molecule has 0 amide bonds. The molecule has 0 aliphatic carbocycles. The highest BCUT2D eigenvalue weighted by molar-refractivity contribution is 6.30. The third-order valence-corrected chi connectivity index (χ3v) is 3.65. The summed E-state index contributed by atoms with van der Waals surface area (Å²) in [6.45, 7) is 3.01. The molecule has 0 aliphatic rings. The fourth-order valence-electron chi connectivity index (χ4n) is 2.04. The Morgan fingerprint density at radius 3 is 1.95 bits per heavy atom. The Bertz CT molecular complexity index is 505. The Morgan fingerprint density at radius 2 is 1.42 bits per heavy atom. The smallest absolute Gasteiger partial charge is 0.0406 e. The number of nitrogens with one attached hydrogen (secondary N) is 1. The first-order valence-corrected chi connectivity index (χ1v) is 7.18. The predicted octanol–water partition coefficient (Wildman–Crippen LogP) is 5.23. The SMILES string of the molecule is CCC(NCc1ccc(Cl)cc1)c1ccc(Cl)cc1. The van der Waals surface area contributed by atoms with E-state index in [-0.39, 0.29) is 0 Å². The number of hydrogen-bond donors (Lipinski definition) is 1. The zero-order chi connectivity index (χ0) is 13.7. The molecule has 100 valence electrons. The summed E-state index contributed by atoms with van der Waals surface area (Å²) < 4.78 is 0.